The van der Waals surface area contributed by atoms with E-state index in [1.165, 1.54) is 30.3 Å². The van der Waals surface area contributed by atoms with E-state index in [1.54, 1.807) is 0 Å². The Labute approximate surface area is 186 Å². The van der Waals surface area contributed by atoms with Gasteiger partial charge >= 0.3 is 0 Å². The Hall–Kier alpha value is -3.33. The molecule has 32 heavy (non-hydrogen) atoms. The van der Waals surface area contributed by atoms with Gasteiger partial charge in [0.05, 0.1) is 16.8 Å². The lowest BCUT2D eigenvalue weighted by Crippen LogP contribution is -2.37. The normalized spacial score (nSPS) is 14.6. The van der Waals surface area contributed by atoms with E-state index in [1.807, 2.05) is 0 Å². The zero-order chi connectivity index (χ0) is 22.7. The van der Waals surface area contributed by atoms with Gasteiger partial charge in [-0.25, -0.2) is 18.2 Å². The van der Waals surface area contributed by atoms with Gasteiger partial charge < -0.3 is 5.32 Å². The first-order valence-electron chi connectivity index (χ1n) is 10.0. The highest BCUT2D eigenvalue weighted by atomic mass is 35.5. The molecule has 0 bridgehead atoms. The molecule has 1 heterocycles. The summed E-state index contributed by atoms with van der Waals surface area (Å²) in [5, 5.41) is 12.3. The summed E-state index contributed by atoms with van der Waals surface area (Å²) in [7, 11) is 0. The lowest BCUT2D eigenvalue weighted by Gasteiger charge is -2.12. The highest BCUT2D eigenvalue weighted by Crippen LogP contribution is 2.23. The number of halogens is 4. The van der Waals surface area contributed by atoms with Crippen LogP contribution in [-0.2, 0) is 0 Å². The van der Waals surface area contributed by atoms with Crippen LogP contribution in [0.25, 0.3) is 11.3 Å². The SMILES string of the molecule is O=C(NC(=NC1CCCC1)Nc1cc(-c2cc(F)cc(F)c2)[nH]n1)c1ccc(Cl)c(F)c1. The predicted molar refractivity (Wildman–Crippen MR) is 116 cm³/mol. The number of aromatic amines is 1. The zero-order valence-electron chi connectivity index (χ0n) is 16.8. The Morgan fingerprint density at radius 3 is 2.47 bits per heavy atom. The number of carbonyl (C=O) groups is 1. The number of rotatable bonds is 4. The number of nitrogens with one attached hydrogen (secondary N) is 3. The predicted octanol–water partition coefficient (Wildman–Crippen LogP) is 5.29. The van der Waals surface area contributed by atoms with Crippen molar-refractivity contribution in [2.75, 3.05) is 5.32 Å². The molecule has 3 aromatic rings. The van der Waals surface area contributed by atoms with Crippen molar-refractivity contribution in [2.24, 2.45) is 4.99 Å². The van der Waals surface area contributed by atoms with Crippen LogP contribution in [0.3, 0.4) is 0 Å². The first-order chi connectivity index (χ1) is 15.4. The van der Waals surface area contributed by atoms with Crippen molar-refractivity contribution in [3.8, 4) is 11.3 Å². The van der Waals surface area contributed by atoms with Crippen LogP contribution in [0.15, 0.2) is 47.5 Å². The topological polar surface area (TPSA) is 82.2 Å². The lowest BCUT2D eigenvalue weighted by molar-refractivity contribution is 0.0976. The number of aliphatic imine (C=N–C) groups is 1. The van der Waals surface area contributed by atoms with Gasteiger partial charge in [-0.1, -0.05) is 24.4 Å². The summed E-state index contributed by atoms with van der Waals surface area (Å²) in [6.07, 6.45) is 3.83. The second-order valence-electron chi connectivity index (χ2n) is 7.45. The molecule has 1 aliphatic rings. The Bertz CT molecular complexity index is 1150. The Morgan fingerprint density at radius 1 is 1.06 bits per heavy atom. The molecule has 6 nitrogen and oxygen atoms in total. The van der Waals surface area contributed by atoms with Crippen LogP contribution in [0, 0.1) is 17.5 Å². The number of amides is 1. The molecule has 0 spiro atoms. The number of benzene rings is 2. The van der Waals surface area contributed by atoms with Gasteiger partial charge in [0.1, 0.15) is 17.5 Å². The minimum Gasteiger partial charge on any atom is -0.309 e. The number of nitrogens with zero attached hydrogens (tertiary/aromatic N) is 2. The first-order valence-corrected chi connectivity index (χ1v) is 10.4. The molecule has 0 unspecified atom stereocenters. The molecular weight excluding hydrogens is 443 g/mol. The van der Waals surface area contributed by atoms with Gasteiger partial charge in [0, 0.05) is 23.3 Å². The minimum absolute atomic E-state index is 0.0236. The Morgan fingerprint density at radius 2 is 1.78 bits per heavy atom. The fourth-order valence-corrected chi connectivity index (χ4v) is 3.61. The molecule has 4 rings (SSSR count). The summed E-state index contributed by atoms with van der Waals surface area (Å²) >= 11 is 5.68. The molecule has 1 aliphatic carbocycles. The maximum atomic E-state index is 13.7. The average Bonchev–Trinajstić information content (AvgIpc) is 3.41. The van der Waals surface area contributed by atoms with Crippen LogP contribution >= 0.6 is 11.6 Å². The molecule has 1 fully saturated rings. The molecule has 3 N–H and O–H groups in total. The Balaban J connectivity index is 1.55. The van der Waals surface area contributed by atoms with E-state index in [0.29, 0.717) is 5.69 Å². The van der Waals surface area contributed by atoms with E-state index >= 15 is 0 Å². The van der Waals surface area contributed by atoms with Crippen LogP contribution < -0.4 is 10.6 Å². The van der Waals surface area contributed by atoms with Crippen LogP contribution in [0.2, 0.25) is 5.02 Å². The standard InChI is InChI=1S/C22H19ClF3N5O/c23-17-6-5-12(9-18(17)26)21(32)29-22(27-16-3-1-2-4-16)28-20-11-19(30-31-20)13-7-14(24)10-15(25)8-13/h5-11,16H,1-4H2,(H3,27,28,29,30,31,32). The summed E-state index contributed by atoms with van der Waals surface area (Å²) in [4.78, 5) is 17.2. The summed E-state index contributed by atoms with van der Waals surface area (Å²) in [5.41, 5.74) is 0.723. The quantitative estimate of drug-likeness (QED) is 0.365. The van der Waals surface area contributed by atoms with E-state index in [2.05, 4.69) is 25.8 Å². The van der Waals surface area contributed by atoms with Crippen molar-refractivity contribution in [3.05, 3.63) is 70.5 Å². The number of aromatic nitrogens is 2. The van der Waals surface area contributed by atoms with Gasteiger partial charge in [-0.3, -0.25) is 15.2 Å². The van der Waals surface area contributed by atoms with E-state index in [4.69, 9.17) is 11.6 Å². The molecule has 1 aromatic heterocycles. The largest absolute Gasteiger partial charge is 0.309 e. The number of hydrogen-bond acceptors (Lipinski definition) is 3. The third-order valence-corrected chi connectivity index (χ3v) is 5.35. The maximum absolute atomic E-state index is 13.7. The summed E-state index contributed by atoms with van der Waals surface area (Å²) in [5.74, 6) is -2.29. The van der Waals surface area contributed by atoms with Gasteiger partial charge in [-0.05, 0) is 43.2 Å². The van der Waals surface area contributed by atoms with Gasteiger partial charge in [-0.2, -0.15) is 5.10 Å². The number of anilines is 1. The maximum Gasteiger partial charge on any atom is 0.258 e. The fraction of sp³-hybridized carbons (Fsp3) is 0.227. The van der Waals surface area contributed by atoms with Crippen LogP contribution in [-0.4, -0.2) is 28.1 Å². The van der Waals surface area contributed by atoms with Crippen molar-refractivity contribution in [1.82, 2.24) is 15.5 Å². The molecule has 0 saturated heterocycles. The van der Waals surface area contributed by atoms with E-state index in [0.717, 1.165) is 37.8 Å². The molecule has 0 aliphatic heterocycles. The Kier molecular flexibility index (Phi) is 6.45. The third-order valence-electron chi connectivity index (χ3n) is 5.05. The van der Waals surface area contributed by atoms with Gasteiger partial charge in [0.15, 0.2) is 5.82 Å². The van der Waals surface area contributed by atoms with E-state index in [-0.39, 0.29) is 34.0 Å². The van der Waals surface area contributed by atoms with Crippen LogP contribution in [0.4, 0.5) is 19.0 Å². The van der Waals surface area contributed by atoms with Crippen molar-refractivity contribution in [1.29, 1.82) is 0 Å². The fourth-order valence-electron chi connectivity index (χ4n) is 3.49. The molecule has 166 valence electrons. The van der Waals surface area contributed by atoms with E-state index in [9.17, 15) is 18.0 Å². The molecule has 1 amide bonds. The second-order valence-corrected chi connectivity index (χ2v) is 7.86. The van der Waals surface area contributed by atoms with Gasteiger partial charge in [0.25, 0.3) is 5.91 Å². The van der Waals surface area contributed by atoms with Crippen molar-refractivity contribution in [3.63, 3.8) is 0 Å². The lowest BCUT2D eigenvalue weighted by atomic mass is 10.1. The van der Waals surface area contributed by atoms with Crippen molar-refractivity contribution < 1.29 is 18.0 Å². The molecule has 1 saturated carbocycles. The molecule has 0 radical (unpaired) electrons. The molecular formula is C22H19ClF3N5O. The van der Waals surface area contributed by atoms with E-state index < -0.39 is 23.4 Å². The number of hydrogen-bond donors (Lipinski definition) is 3. The third kappa shape index (κ3) is 5.28. The van der Waals surface area contributed by atoms with Crippen LogP contribution in [0.1, 0.15) is 36.0 Å². The number of H-pyrrole nitrogens is 1. The first kappa shape index (κ1) is 21.9. The second kappa shape index (κ2) is 9.44. The number of carbonyl (C=O) groups excluding carboxylic acids is 1. The monoisotopic (exact) mass is 461 g/mol. The van der Waals surface area contributed by atoms with Crippen molar-refractivity contribution >= 4 is 29.3 Å². The van der Waals surface area contributed by atoms with Crippen molar-refractivity contribution in [2.45, 2.75) is 31.7 Å². The highest BCUT2D eigenvalue weighted by Gasteiger charge is 2.18. The summed E-state index contributed by atoms with van der Waals surface area (Å²) in [6, 6.07) is 8.42. The van der Waals surface area contributed by atoms with Gasteiger partial charge in [-0.15, -0.1) is 0 Å². The molecule has 0 atom stereocenters. The van der Waals surface area contributed by atoms with Crippen LogP contribution in [0.5, 0.6) is 0 Å². The smallest absolute Gasteiger partial charge is 0.258 e. The average molecular weight is 462 g/mol. The molecule has 2 aromatic carbocycles. The zero-order valence-corrected chi connectivity index (χ0v) is 17.5. The highest BCUT2D eigenvalue weighted by molar-refractivity contribution is 6.30. The minimum atomic E-state index is -0.713. The summed E-state index contributed by atoms with van der Waals surface area (Å²) < 4.78 is 40.8. The number of guanidine groups is 1. The molecule has 10 heteroatoms. The van der Waals surface area contributed by atoms with Gasteiger partial charge in [0.2, 0.25) is 5.96 Å². The summed E-state index contributed by atoms with van der Waals surface area (Å²) in [6.45, 7) is 0.